The first-order chi connectivity index (χ1) is 7.90. The van der Waals surface area contributed by atoms with Crippen molar-refractivity contribution < 1.29 is 0 Å². The lowest BCUT2D eigenvalue weighted by Gasteiger charge is -2.33. The smallest absolute Gasteiger partial charge is 0.0107 e. The molecule has 3 heteroatoms. The van der Waals surface area contributed by atoms with Gasteiger partial charge in [0.2, 0.25) is 0 Å². The van der Waals surface area contributed by atoms with Gasteiger partial charge in [-0.1, -0.05) is 12.8 Å². The molecule has 2 aliphatic rings. The predicted molar refractivity (Wildman–Crippen MR) is 72.9 cm³/mol. The molecule has 0 aromatic carbocycles. The minimum Gasteiger partial charge on any atom is -0.330 e. The van der Waals surface area contributed by atoms with Crippen LogP contribution in [0.4, 0.5) is 0 Å². The Bertz CT molecular complexity index is 192. The van der Waals surface area contributed by atoms with Crippen LogP contribution in [0.1, 0.15) is 38.5 Å². The second-order valence-electron chi connectivity index (χ2n) is 5.35. The summed E-state index contributed by atoms with van der Waals surface area (Å²) in [5.41, 5.74) is 5.86. The molecular formula is C13H26N2S. The van der Waals surface area contributed by atoms with Crippen LogP contribution >= 0.6 is 11.8 Å². The SMILES string of the molecule is NCC1CCCCC1NCC1CCSCC1. The molecule has 1 aliphatic carbocycles. The van der Waals surface area contributed by atoms with Crippen LogP contribution in [0.2, 0.25) is 0 Å². The van der Waals surface area contributed by atoms with Crippen LogP contribution in [0.5, 0.6) is 0 Å². The normalized spacial score (nSPS) is 32.8. The minimum absolute atomic E-state index is 0.716. The number of rotatable bonds is 4. The zero-order chi connectivity index (χ0) is 11.2. The highest BCUT2D eigenvalue weighted by atomic mass is 32.2. The summed E-state index contributed by atoms with van der Waals surface area (Å²) in [6, 6.07) is 0.716. The molecule has 2 unspecified atom stereocenters. The Hall–Kier alpha value is 0.270. The summed E-state index contributed by atoms with van der Waals surface area (Å²) >= 11 is 2.12. The predicted octanol–water partition coefficient (Wildman–Crippen LogP) is 2.24. The van der Waals surface area contributed by atoms with Crippen molar-refractivity contribution in [2.45, 2.75) is 44.6 Å². The zero-order valence-corrected chi connectivity index (χ0v) is 11.1. The van der Waals surface area contributed by atoms with Crippen molar-refractivity contribution >= 4 is 11.8 Å². The zero-order valence-electron chi connectivity index (χ0n) is 10.3. The number of nitrogens with one attached hydrogen (secondary N) is 1. The third kappa shape index (κ3) is 3.64. The van der Waals surface area contributed by atoms with Gasteiger partial charge in [-0.2, -0.15) is 11.8 Å². The minimum atomic E-state index is 0.716. The van der Waals surface area contributed by atoms with Crippen LogP contribution in [0.15, 0.2) is 0 Å². The largest absolute Gasteiger partial charge is 0.330 e. The van der Waals surface area contributed by atoms with Crippen molar-refractivity contribution in [3.63, 3.8) is 0 Å². The van der Waals surface area contributed by atoms with Gasteiger partial charge in [-0.3, -0.25) is 0 Å². The van der Waals surface area contributed by atoms with E-state index in [2.05, 4.69) is 17.1 Å². The topological polar surface area (TPSA) is 38.0 Å². The average Bonchev–Trinajstić information content (AvgIpc) is 2.38. The van der Waals surface area contributed by atoms with Crippen molar-refractivity contribution in [3.8, 4) is 0 Å². The molecule has 1 saturated heterocycles. The van der Waals surface area contributed by atoms with Crippen molar-refractivity contribution in [1.82, 2.24) is 5.32 Å². The van der Waals surface area contributed by atoms with E-state index in [0.717, 1.165) is 18.4 Å². The maximum atomic E-state index is 5.86. The summed E-state index contributed by atoms with van der Waals surface area (Å²) < 4.78 is 0. The summed E-state index contributed by atoms with van der Waals surface area (Å²) in [6.07, 6.45) is 8.31. The molecule has 3 N–H and O–H groups in total. The fraction of sp³-hybridized carbons (Fsp3) is 1.00. The van der Waals surface area contributed by atoms with Crippen LogP contribution in [0, 0.1) is 11.8 Å². The summed E-state index contributed by atoms with van der Waals surface area (Å²) in [4.78, 5) is 0. The molecule has 0 radical (unpaired) electrons. The molecule has 1 aliphatic heterocycles. The maximum Gasteiger partial charge on any atom is 0.0107 e. The summed E-state index contributed by atoms with van der Waals surface area (Å²) in [5.74, 6) is 4.42. The van der Waals surface area contributed by atoms with E-state index in [1.807, 2.05) is 0 Å². The highest BCUT2D eigenvalue weighted by Crippen LogP contribution is 2.25. The van der Waals surface area contributed by atoms with Crippen molar-refractivity contribution in [2.75, 3.05) is 24.6 Å². The number of hydrogen-bond acceptors (Lipinski definition) is 3. The summed E-state index contributed by atoms with van der Waals surface area (Å²) in [5, 5.41) is 3.80. The number of thioether (sulfide) groups is 1. The van der Waals surface area contributed by atoms with E-state index >= 15 is 0 Å². The van der Waals surface area contributed by atoms with Gasteiger partial charge >= 0.3 is 0 Å². The highest BCUT2D eigenvalue weighted by molar-refractivity contribution is 7.99. The van der Waals surface area contributed by atoms with Gasteiger partial charge in [0.05, 0.1) is 0 Å². The lowest BCUT2D eigenvalue weighted by atomic mass is 9.84. The Morgan fingerprint density at radius 1 is 1.06 bits per heavy atom. The molecule has 0 bridgehead atoms. The van der Waals surface area contributed by atoms with Gasteiger partial charge in [-0.25, -0.2) is 0 Å². The molecule has 94 valence electrons. The molecule has 16 heavy (non-hydrogen) atoms. The molecule has 2 fully saturated rings. The molecule has 2 nitrogen and oxygen atoms in total. The molecule has 1 saturated carbocycles. The molecule has 0 amide bonds. The van der Waals surface area contributed by atoms with Gasteiger partial charge in [0.1, 0.15) is 0 Å². The van der Waals surface area contributed by atoms with Crippen molar-refractivity contribution in [3.05, 3.63) is 0 Å². The third-order valence-corrected chi connectivity index (χ3v) is 5.27. The van der Waals surface area contributed by atoms with E-state index in [4.69, 9.17) is 5.73 Å². The molecule has 1 heterocycles. The Kier molecular flexibility index (Phi) is 5.46. The average molecular weight is 242 g/mol. The first-order valence-electron chi connectivity index (χ1n) is 6.91. The molecular weight excluding hydrogens is 216 g/mol. The molecule has 0 aromatic rings. The lowest BCUT2D eigenvalue weighted by Crippen LogP contribution is -2.44. The Balaban J connectivity index is 1.70. The third-order valence-electron chi connectivity index (χ3n) is 4.22. The highest BCUT2D eigenvalue weighted by Gasteiger charge is 2.24. The molecule has 2 atom stereocenters. The Labute approximate surface area is 104 Å². The quantitative estimate of drug-likeness (QED) is 0.794. The van der Waals surface area contributed by atoms with E-state index < -0.39 is 0 Å². The number of nitrogens with two attached hydrogens (primary N) is 1. The van der Waals surface area contributed by atoms with Crippen LogP contribution in [0.3, 0.4) is 0 Å². The fourth-order valence-corrected chi connectivity index (χ4v) is 4.23. The Morgan fingerprint density at radius 2 is 1.81 bits per heavy atom. The standard InChI is InChI=1S/C13H26N2S/c14-9-12-3-1-2-4-13(12)15-10-11-5-7-16-8-6-11/h11-13,15H,1-10,14H2. The van der Waals surface area contributed by atoms with Crippen LogP contribution in [0.25, 0.3) is 0 Å². The van der Waals surface area contributed by atoms with Gasteiger partial charge in [0, 0.05) is 6.04 Å². The Morgan fingerprint density at radius 3 is 2.56 bits per heavy atom. The fourth-order valence-electron chi connectivity index (χ4n) is 3.03. The van der Waals surface area contributed by atoms with E-state index in [1.165, 1.54) is 56.6 Å². The number of hydrogen-bond donors (Lipinski definition) is 2. The van der Waals surface area contributed by atoms with Crippen LogP contribution in [-0.2, 0) is 0 Å². The van der Waals surface area contributed by atoms with E-state index in [9.17, 15) is 0 Å². The first-order valence-corrected chi connectivity index (χ1v) is 8.07. The van der Waals surface area contributed by atoms with Gasteiger partial charge in [-0.15, -0.1) is 0 Å². The van der Waals surface area contributed by atoms with Gasteiger partial charge in [-0.05, 0) is 62.1 Å². The summed E-state index contributed by atoms with van der Waals surface area (Å²) in [6.45, 7) is 2.11. The van der Waals surface area contributed by atoms with Gasteiger partial charge < -0.3 is 11.1 Å². The van der Waals surface area contributed by atoms with Crippen LogP contribution < -0.4 is 11.1 Å². The van der Waals surface area contributed by atoms with E-state index in [0.29, 0.717) is 6.04 Å². The molecule has 0 spiro atoms. The second kappa shape index (κ2) is 6.87. The van der Waals surface area contributed by atoms with E-state index in [1.54, 1.807) is 0 Å². The lowest BCUT2D eigenvalue weighted by molar-refractivity contribution is 0.254. The second-order valence-corrected chi connectivity index (χ2v) is 6.58. The maximum absolute atomic E-state index is 5.86. The van der Waals surface area contributed by atoms with Gasteiger partial charge in [0.15, 0.2) is 0 Å². The molecule has 2 rings (SSSR count). The monoisotopic (exact) mass is 242 g/mol. The van der Waals surface area contributed by atoms with E-state index in [-0.39, 0.29) is 0 Å². The van der Waals surface area contributed by atoms with Crippen molar-refractivity contribution in [1.29, 1.82) is 0 Å². The van der Waals surface area contributed by atoms with Crippen molar-refractivity contribution in [2.24, 2.45) is 17.6 Å². The molecule has 0 aromatic heterocycles. The summed E-state index contributed by atoms with van der Waals surface area (Å²) in [7, 11) is 0. The van der Waals surface area contributed by atoms with Gasteiger partial charge in [0.25, 0.3) is 0 Å². The van der Waals surface area contributed by atoms with Crippen LogP contribution in [-0.4, -0.2) is 30.6 Å². The first kappa shape index (κ1) is 12.7.